The number of nitrogens with one attached hydrogen (secondary N) is 3. The molecule has 0 aliphatic carbocycles. The van der Waals surface area contributed by atoms with Gasteiger partial charge in [-0.1, -0.05) is 62.7 Å². The van der Waals surface area contributed by atoms with Gasteiger partial charge >= 0.3 is 5.97 Å². The molecular weight excluding hydrogens is 518 g/mol. The molecule has 0 bridgehead atoms. The van der Waals surface area contributed by atoms with E-state index in [2.05, 4.69) is 16.0 Å². The van der Waals surface area contributed by atoms with Gasteiger partial charge in [0.25, 0.3) is 0 Å². The lowest BCUT2D eigenvalue weighted by Gasteiger charge is -2.26. The fourth-order valence-corrected chi connectivity index (χ4v) is 3.86. The minimum atomic E-state index is -1.51. The van der Waals surface area contributed by atoms with Crippen LogP contribution in [0.1, 0.15) is 37.8 Å². The molecule has 216 valence electrons. The largest absolute Gasteiger partial charge is 0.508 e. The highest BCUT2D eigenvalue weighted by atomic mass is 16.4. The quantitative estimate of drug-likeness (QED) is 0.158. The number of phenols is 1. The summed E-state index contributed by atoms with van der Waals surface area (Å²) in [5.41, 5.74) is 12.6. The van der Waals surface area contributed by atoms with Crippen molar-refractivity contribution >= 4 is 29.6 Å². The second-order valence-corrected chi connectivity index (χ2v) is 9.66. The number of phenolic OH excluding ortho intramolecular Hbond substituents is 1. The molecule has 9 N–H and O–H groups in total. The summed E-state index contributed by atoms with van der Waals surface area (Å²) in [6, 6.07) is 9.59. The molecule has 5 atom stereocenters. The van der Waals surface area contributed by atoms with E-state index in [1.54, 1.807) is 49.4 Å². The van der Waals surface area contributed by atoms with E-state index in [9.17, 15) is 34.2 Å². The molecule has 2 aromatic rings. The third kappa shape index (κ3) is 10.0. The van der Waals surface area contributed by atoms with E-state index in [0.29, 0.717) is 17.5 Å². The van der Waals surface area contributed by atoms with Gasteiger partial charge in [0.2, 0.25) is 23.6 Å². The average Bonchev–Trinajstić information content (AvgIpc) is 2.92. The molecule has 0 aliphatic rings. The van der Waals surface area contributed by atoms with Gasteiger partial charge in [0, 0.05) is 12.8 Å². The van der Waals surface area contributed by atoms with Gasteiger partial charge in [-0.05, 0) is 29.2 Å². The van der Waals surface area contributed by atoms with Crippen molar-refractivity contribution in [3.63, 3.8) is 0 Å². The Labute approximate surface area is 232 Å². The highest BCUT2D eigenvalue weighted by Crippen LogP contribution is 2.13. The van der Waals surface area contributed by atoms with E-state index in [-0.39, 0.29) is 24.5 Å². The number of carboxylic acids is 1. The minimum Gasteiger partial charge on any atom is -0.508 e. The number of hydrogen-bond acceptors (Lipinski definition) is 7. The molecule has 12 heteroatoms. The molecule has 2 rings (SSSR count). The molecule has 40 heavy (non-hydrogen) atoms. The summed E-state index contributed by atoms with van der Waals surface area (Å²) in [5.74, 6) is -4.71. The van der Waals surface area contributed by atoms with Crippen LogP contribution in [0.3, 0.4) is 0 Å². The van der Waals surface area contributed by atoms with Crippen LogP contribution in [0.25, 0.3) is 0 Å². The zero-order valence-electron chi connectivity index (χ0n) is 22.5. The van der Waals surface area contributed by atoms with Gasteiger partial charge in [-0.15, -0.1) is 0 Å². The molecule has 0 aromatic heterocycles. The van der Waals surface area contributed by atoms with E-state index in [4.69, 9.17) is 11.5 Å². The number of aliphatic carboxylic acids is 1. The first kappa shape index (κ1) is 31.8. The number of benzene rings is 2. The van der Waals surface area contributed by atoms with E-state index >= 15 is 0 Å². The van der Waals surface area contributed by atoms with Crippen LogP contribution in [0, 0.1) is 5.92 Å². The zero-order valence-corrected chi connectivity index (χ0v) is 22.5. The van der Waals surface area contributed by atoms with Crippen molar-refractivity contribution < 1.29 is 34.2 Å². The molecule has 5 unspecified atom stereocenters. The summed E-state index contributed by atoms with van der Waals surface area (Å²) < 4.78 is 0. The lowest BCUT2D eigenvalue weighted by molar-refractivity contribution is -0.142. The molecule has 0 saturated carbocycles. The minimum absolute atomic E-state index is 0.00857. The van der Waals surface area contributed by atoms with Crippen molar-refractivity contribution in [2.75, 3.05) is 0 Å². The van der Waals surface area contributed by atoms with Gasteiger partial charge in [0.1, 0.15) is 23.9 Å². The molecule has 2 aromatic carbocycles. The van der Waals surface area contributed by atoms with Crippen molar-refractivity contribution in [2.24, 2.45) is 17.4 Å². The van der Waals surface area contributed by atoms with Crippen LogP contribution in [-0.4, -0.2) is 64.0 Å². The molecule has 0 radical (unpaired) electrons. The molecular formula is C28H37N5O7. The Balaban J connectivity index is 2.25. The van der Waals surface area contributed by atoms with Gasteiger partial charge in [-0.2, -0.15) is 0 Å². The van der Waals surface area contributed by atoms with E-state index in [1.165, 1.54) is 12.1 Å². The summed E-state index contributed by atoms with van der Waals surface area (Å²) in [6.07, 6.45) is -0.0482. The average molecular weight is 556 g/mol. The Morgan fingerprint density at radius 2 is 1.27 bits per heavy atom. The Bertz CT molecular complexity index is 1170. The summed E-state index contributed by atoms with van der Waals surface area (Å²) in [6.45, 7) is 3.66. The zero-order chi connectivity index (χ0) is 29.8. The highest BCUT2D eigenvalue weighted by Gasteiger charge is 2.32. The van der Waals surface area contributed by atoms with Crippen LogP contribution in [0.4, 0.5) is 0 Å². The Kier molecular flexibility index (Phi) is 12.1. The first-order valence-electron chi connectivity index (χ1n) is 12.9. The van der Waals surface area contributed by atoms with Gasteiger partial charge in [-0.3, -0.25) is 19.2 Å². The number of carboxylic acid groups (broad SMARTS) is 1. The highest BCUT2D eigenvalue weighted by molar-refractivity contribution is 5.96. The van der Waals surface area contributed by atoms with Crippen LogP contribution in [0.15, 0.2) is 54.6 Å². The number of carbonyl (C=O) groups is 5. The first-order chi connectivity index (χ1) is 18.9. The van der Waals surface area contributed by atoms with Crippen molar-refractivity contribution in [1.29, 1.82) is 0 Å². The third-order valence-electron chi connectivity index (χ3n) is 6.50. The van der Waals surface area contributed by atoms with Crippen LogP contribution >= 0.6 is 0 Å². The number of rotatable bonds is 15. The molecule has 4 amide bonds. The maximum absolute atomic E-state index is 13.4. The normalized spacial score (nSPS) is 14.6. The topological polar surface area (TPSA) is 214 Å². The maximum Gasteiger partial charge on any atom is 0.326 e. The predicted octanol–water partition coefficient (Wildman–Crippen LogP) is -0.0348. The fraction of sp³-hybridized carbons (Fsp3) is 0.393. The standard InChI is InChI=1S/C28H37N5O7/c1-3-16(2)24(30)27(38)32-20(13-18-9-11-19(34)12-10-18)25(36)31-21(15-23(29)35)26(37)33-22(28(39)40)14-17-7-5-4-6-8-17/h4-12,16,20-22,24,34H,3,13-15,30H2,1-2H3,(H2,29,35)(H,31,36)(H,32,38)(H,33,37)(H,39,40). The van der Waals surface area contributed by atoms with Crippen molar-refractivity contribution in [1.82, 2.24) is 16.0 Å². The van der Waals surface area contributed by atoms with E-state index in [0.717, 1.165) is 0 Å². The van der Waals surface area contributed by atoms with E-state index < -0.39 is 60.2 Å². The van der Waals surface area contributed by atoms with Gasteiger partial charge in [0.15, 0.2) is 0 Å². The number of hydrogen-bond donors (Lipinski definition) is 7. The van der Waals surface area contributed by atoms with E-state index in [1.807, 2.05) is 6.92 Å². The fourth-order valence-electron chi connectivity index (χ4n) is 3.86. The van der Waals surface area contributed by atoms with Crippen LogP contribution in [-0.2, 0) is 36.8 Å². The van der Waals surface area contributed by atoms with Crippen LogP contribution < -0.4 is 27.4 Å². The SMILES string of the molecule is CCC(C)C(N)C(=O)NC(Cc1ccc(O)cc1)C(=O)NC(CC(N)=O)C(=O)NC(Cc1ccccc1)C(=O)O. The van der Waals surface area contributed by atoms with Gasteiger partial charge < -0.3 is 37.6 Å². The molecule has 0 saturated heterocycles. The third-order valence-corrected chi connectivity index (χ3v) is 6.50. The number of aromatic hydroxyl groups is 1. The van der Waals surface area contributed by atoms with Crippen molar-refractivity contribution in [3.8, 4) is 5.75 Å². The lowest BCUT2D eigenvalue weighted by atomic mass is 9.98. The summed E-state index contributed by atoms with van der Waals surface area (Å²) in [4.78, 5) is 62.8. The molecule has 0 fully saturated rings. The smallest absolute Gasteiger partial charge is 0.326 e. The number of carbonyl (C=O) groups excluding carboxylic acids is 4. The maximum atomic E-state index is 13.4. The molecule has 0 aliphatic heterocycles. The monoisotopic (exact) mass is 555 g/mol. The summed E-state index contributed by atoms with van der Waals surface area (Å²) in [5, 5.41) is 26.6. The number of amides is 4. The first-order valence-corrected chi connectivity index (χ1v) is 12.9. The molecule has 0 heterocycles. The Hall–Kier alpha value is -4.45. The summed E-state index contributed by atoms with van der Waals surface area (Å²) in [7, 11) is 0. The van der Waals surface area contributed by atoms with Crippen molar-refractivity contribution in [2.45, 2.75) is 63.7 Å². The van der Waals surface area contributed by atoms with Crippen molar-refractivity contribution in [3.05, 3.63) is 65.7 Å². The van der Waals surface area contributed by atoms with Gasteiger partial charge in [-0.25, -0.2) is 4.79 Å². The molecule has 0 spiro atoms. The number of primary amides is 1. The summed E-state index contributed by atoms with van der Waals surface area (Å²) >= 11 is 0. The van der Waals surface area contributed by atoms with Gasteiger partial charge in [0.05, 0.1) is 12.5 Å². The lowest BCUT2D eigenvalue weighted by Crippen LogP contribution is -2.58. The predicted molar refractivity (Wildman–Crippen MR) is 147 cm³/mol. The Morgan fingerprint density at radius 3 is 1.82 bits per heavy atom. The Morgan fingerprint density at radius 1 is 0.775 bits per heavy atom. The number of nitrogens with two attached hydrogens (primary N) is 2. The van der Waals surface area contributed by atoms with Crippen LogP contribution in [0.5, 0.6) is 5.75 Å². The van der Waals surface area contributed by atoms with Crippen LogP contribution in [0.2, 0.25) is 0 Å². The molecule has 12 nitrogen and oxygen atoms in total. The second kappa shape index (κ2) is 15.2. The second-order valence-electron chi connectivity index (χ2n) is 9.66.